The van der Waals surface area contributed by atoms with Crippen LogP contribution >= 0.6 is 11.8 Å². The van der Waals surface area contributed by atoms with Gasteiger partial charge in [0.2, 0.25) is 0 Å². The summed E-state index contributed by atoms with van der Waals surface area (Å²) in [7, 11) is 0. The molecule has 0 aliphatic carbocycles. The molecule has 1 heteroatoms. The summed E-state index contributed by atoms with van der Waals surface area (Å²) in [6.45, 7) is 6.36. The normalized spacial score (nSPS) is 26.1. The molecule has 10 heavy (non-hydrogen) atoms. The second kappa shape index (κ2) is 7.46. The lowest BCUT2D eigenvalue weighted by Crippen LogP contribution is -1.93. The van der Waals surface area contributed by atoms with Gasteiger partial charge >= 0.3 is 0 Å². The van der Waals surface area contributed by atoms with Crippen molar-refractivity contribution in [1.29, 1.82) is 0 Å². The molecule has 0 aromatic carbocycles. The molecule has 1 saturated heterocycles. The first-order chi connectivity index (χ1) is 4.89. The van der Waals surface area contributed by atoms with Gasteiger partial charge in [0.15, 0.2) is 0 Å². The first-order valence-corrected chi connectivity index (χ1v) is 5.63. The summed E-state index contributed by atoms with van der Waals surface area (Å²) in [5.74, 6) is 3.80. The first kappa shape index (κ1) is 10.3. The van der Waals surface area contributed by atoms with E-state index < -0.39 is 0 Å². The maximum Gasteiger partial charge on any atom is -0.00418 e. The smallest absolute Gasteiger partial charge is 0.00418 e. The lowest BCUT2D eigenvalue weighted by atomic mass is 10.1. The second-order valence-corrected chi connectivity index (χ2v) is 3.83. The Morgan fingerprint density at radius 2 is 1.90 bits per heavy atom. The Hall–Kier alpha value is 0.350. The molecular weight excluding hydrogens is 140 g/mol. The zero-order valence-corrected chi connectivity index (χ0v) is 8.34. The predicted octanol–water partition coefficient (Wildman–Crippen LogP) is 3.57. The summed E-state index contributed by atoms with van der Waals surface area (Å²) in [6.07, 6.45) is 4.39. The molecular formula is C9H20S. The van der Waals surface area contributed by atoms with Crippen LogP contribution in [0.25, 0.3) is 0 Å². The fraction of sp³-hybridized carbons (Fsp3) is 1.00. The number of hydrogen-bond donors (Lipinski definition) is 0. The van der Waals surface area contributed by atoms with Gasteiger partial charge in [0, 0.05) is 0 Å². The van der Waals surface area contributed by atoms with Crippen LogP contribution in [0, 0.1) is 5.92 Å². The molecule has 0 spiro atoms. The van der Waals surface area contributed by atoms with Crippen LogP contribution in [-0.2, 0) is 0 Å². The van der Waals surface area contributed by atoms with E-state index in [1.165, 1.54) is 30.8 Å². The number of hydrogen-bond acceptors (Lipinski definition) is 1. The molecule has 0 aromatic rings. The van der Waals surface area contributed by atoms with Crippen LogP contribution in [-0.4, -0.2) is 11.5 Å². The zero-order valence-electron chi connectivity index (χ0n) is 7.52. The van der Waals surface area contributed by atoms with E-state index in [0.717, 1.165) is 5.92 Å². The summed E-state index contributed by atoms with van der Waals surface area (Å²) in [5.41, 5.74) is 0. The molecule has 1 heterocycles. The van der Waals surface area contributed by atoms with Gasteiger partial charge in [-0.15, -0.1) is 0 Å². The minimum atomic E-state index is 0.988. The zero-order chi connectivity index (χ0) is 7.82. The number of rotatable bonds is 0. The van der Waals surface area contributed by atoms with Crippen molar-refractivity contribution in [3.05, 3.63) is 0 Å². The molecule has 0 bridgehead atoms. The molecule has 1 aliphatic rings. The van der Waals surface area contributed by atoms with Crippen LogP contribution in [0.5, 0.6) is 0 Å². The van der Waals surface area contributed by atoms with Gasteiger partial charge in [-0.1, -0.05) is 27.2 Å². The van der Waals surface area contributed by atoms with Crippen molar-refractivity contribution in [3.8, 4) is 0 Å². The van der Waals surface area contributed by atoms with E-state index in [1.54, 1.807) is 0 Å². The van der Waals surface area contributed by atoms with Gasteiger partial charge in [-0.05, 0) is 30.3 Å². The third kappa shape index (κ3) is 5.16. The molecule has 1 rings (SSSR count). The van der Waals surface area contributed by atoms with E-state index in [9.17, 15) is 0 Å². The molecule has 1 unspecified atom stereocenters. The van der Waals surface area contributed by atoms with E-state index in [4.69, 9.17) is 0 Å². The van der Waals surface area contributed by atoms with Gasteiger partial charge in [0.25, 0.3) is 0 Å². The fourth-order valence-corrected chi connectivity index (χ4v) is 2.21. The molecule has 0 amide bonds. The summed E-state index contributed by atoms with van der Waals surface area (Å²) in [5, 5.41) is 0. The molecule has 1 aliphatic heterocycles. The molecule has 0 nitrogen and oxygen atoms in total. The maximum atomic E-state index is 2.36. The minimum absolute atomic E-state index is 0.988. The van der Waals surface area contributed by atoms with Gasteiger partial charge in [-0.25, -0.2) is 0 Å². The molecule has 1 atom stereocenters. The Bertz CT molecular complexity index is 53.7. The van der Waals surface area contributed by atoms with E-state index in [1.807, 2.05) is 13.8 Å². The quantitative estimate of drug-likeness (QED) is 0.522. The van der Waals surface area contributed by atoms with Gasteiger partial charge in [0.05, 0.1) is 0 Å². The summed E-state index contributed by atoms with van der Waals surface area (Å²) in [6, 6.07) is 0. The van der Waals surface area contributed by atoms with E-state index in [0.29, 0.717) is 0 Å². The lowest BCUT2D eigenvalue weighted by Gasteiger charge is -2.02. The standard InChI is InChI=1S/C7H14S.C2H6/c1-7-4-2-3-5-8-6-7;1-2/h7H,2-6H2,1H3;1-2H3. The van der Waals surface area contributed by atoms with E-state index >= 15 is 0 Å². The second-order valence-electron chi connectivity index (χ2n) is 2.68. The fourth-order valence-electron chi connectivity index (χ4n) is 1.06. The summed E-state index contributed by atoms with van der Waals surface area (Å²) >= 11 is 2.12. The highest BCUT2D eigenvalue weighted by molar-refractivity contribution is 7.99. The van der Waals surface area contributed by atoms with Crippen LogP contribution in [0.2, 0.25) is 0 Å². The Labute approximate surface area is 69.8 Å². The highest BCUT2D eigenvalue weighted by atomic mass is 32.2. The van der Waals surface area contributed by atoms with Crippen molar-refractivity contribution in [2.45, 2.75) is 40.0 Å². The Morgan fingerprint density at radius 1 is 1.20 bits per heavy atom. The van der Waals surface area contributed by atoms with Crippen LogP contribution in [0.1, 0.15) is 40.0 Å². The van der Waals surface area contributed by atoms with Crippen molar-refractivity contribution in [2.24, 2.45) is 5.92 Å². The number of thioether (sulfide) groups is 1. The van der Waals surface area contributed by atoms with E-state index in [-0.39, 0.29) is 0 Å². The molecule has 1 fully saturated rings. The van der Waals surface area contributed by atoms with Gasteiger partial charge in [-0.3, -0.25) is 0 Å². The average molecular weight is 160 g/mol. The SMILES string of the molecule is CC.CC1CCCCSC1. The third-order valence-electron chi connectivity index (χ3n) is 1.64. The largest absolute Gasteiger partial charge is 0.162 e. The summed E-state index contributed by atoms with van der Waals surface area (Å²) in [4.78, 5) is 0. The molecule has 62 valence electrons. The molecule has 0 saturated carbocycles. The molecule has 0 aromatic heterocycles. The Morgan fingerprint density at radius 3 is 2.60 bits per heavy atom. The topological polar surface area (TPSA) is 0 Å². The Balaban J connectivity index is 0.000000371. The van der Waals surface area contributed by atoms with Crippen LogP contribution in [0.4, 0.5) is 0 Å². The lowest BCUT2D eigenvalue weighted by molar-refractivity contribution is 0.570. The van der Waals surface area contributed by atoms with Crippen LogP contribution in [0.15, 0.2) is 0 Å². The summed E-state index contributed by atoms with van der Waals surface area (Å²) < 4.78 is 0. The van der Waals surface area contributed by atoms with Crippen molar-refractivity contribution in [1.82, 2.24) is 0 Å². The van der Waals surface area contributed by atoms with Gasteiger partial charge in [0.1, 0.15) is 0 Å². The highest BCUT2D eigenvalue weighted by Gasteiger charge is 2.05. The van der Waals surface area contributed by atoms with Crippen molar-refractivity contribution in [2.75, 3.05) is 11.5 Å². The Kier molecular flexibility index (Phi) is 7.72. The first-order valence-electron chi connectivity index (χ1n) is 4.47. The van der Waals surface area contributed by atoms with Gasteiger partial charge in [-0.2, -0.15) is 11.8 Å². The average Bonchev–Trinajstić information content (AvgIpc) is 2.21. The van der Waals surface area contributed by atoms with Gasteiger partial charge < -0.3 is 0 Å². The maximum absolute atomic E-state index is 2.36. The van der Waals surface area contributed by atoms with Crippen LogP contribution in [0.3, 0.4) is 0 Å². The minimum Gasteiger partial charge on any atom is -0.162 e. The van der Waals surface area contributed by atoms with Crippen molar-refractivity contribution in [3.63, 3.8) is 0 Å². The molecule has 0 N–H and O–H groups in total. The third-order valence-corrected chi connectivity index (χ3v) is 3.02. The monoisotopic (exact) mass is 160 g/mol. The van der Waals surface area contributed by atoms with Crippen LogP contribution < -0.4 is 0 Å². The van der Waals surface area contributed by atoms with Crippen molar-refractivity contribution < 1.29 is 0 Å². The highest BCUT2D eigenvalue weighted by Crippen LogP contribution is 2.20. The molecule has 0 radical (unpaired) electrons. The van der Waals surface area contributed by atoms with Crippen molar-refractivity contribution >= 4 is 11.8 Å². The van der Waals surface area contributed by atoms with E-state index in [2.05, 4.69) is 18.7 Å². The predicted molar refractivity (Wildman–Crippen MR) is 51.7 cm³/mol.